The number of azo groups is 4. The molecule has 0 bridgehead atoms. The third-order valence-electron chi connectivity index (χ3n) is 12.5. The number of urea groups is 1. The molecular formula is C53H48N10O15S4. The summed E-state index contributed by atoms with van der Waals surface area (Å²) in [6.45, 7) is 10.7. The van der Waals surface area contributed by atoms with E-state index in [9.17, 15) is 56.7 Å². The highest BCUT2D eigenvalue weighted by Gasteiger charge is 2.23. The van der Waals surface area contributed by atoms with Crippen molar-refractivity contribution < 1.29 is 66.2 Å². The van der Waals surface area contributed by atoms with Crippen LogP contribution >= 0.6 is 0 Å². The molecule has 8 aromatic carbocycles. The Morgan fingerprint density at radius 1 is 0.378 bits per heavy atom. The molecule has 25 nitrogen and oxygen atoms in total. The Kier molecular flexibility index (Phi) is 16.6. The Hall–Kier alpha value is -8.81. The third kappa shape index (κ3) is 13.5. The summed E-state index contributed by atoms with van der Waals surface area (Å²) >= 11 is 0. The number of nitrogens with one attached hydrogen (secondary N) is 2. The van der Waals surface area contributed by atoms with Gasteiger partial charge in [0.25, 0.3) is 40.5 Å². The molecule has 0 atom stereocenters. The minimum atomic E-state index is -4.91. The van der Waals surface area contributed by atoms with Crippen molar-refractivity contribution in [1.82, 2.24) is 0 Å². The molecule has 0 aliphatic heterocycles. The number of benzene rings is 8. The van der Waals surface area contributed by atoms with Crippen LogP contribution in [0.2, 0.25) is 0 Å². The Labute approximate surface area is 469 Å². The number of nitrogens with zero attached hydrogens (tertiary/aromatic N) is 8. The lowest BCUT2D eigenvalue weighted by atomic mass is 10.1. The fourth-order valence-electron chi connectivity index (χ4n) is 8.24. The zero-order valence-electron chi connectivity index (χ0n) is 44.4. The first-order valence-corrected chi connectivity index (χ1v) is 29.6. The monoisotopic (exact) mass is 1190 g/mol. The summed E-state index contributed by atoms with van der Waals surface area (Å²) in [5, 5.41) is 40.7. The van der Waals surface area contributed by atoms with Crippen molar-refractivity contribution in [2.24, 2.45) is 40.9 Å². The van der Waals surface area contributed by atoms with Crippen molar-refractivity contribution in [2.75, 3.05) is 24.9 Å². The molecule has 8 aromatic rings. The van der Waals surface area contributed by atoms with Gasteiger partial charge in [-0.3, -0.25) is 18.2 Å². The predicted octanol–water partition coefficient (Wildman–Crippen LogP) is 14.2. The molecule has 29 heteroatoms. The van der Waals surface area contributed by atoms with E-state index in [2.05, 4.69) is 51.5 Å². The predicted molar refractivity (Wildman–Crippen MR) is 304 cm³/mol. The summed E-state index contributed by atoms with van der Waals surface area (Å²) < 4.78 is 145. The SMILES string of the molecule is COc1cc(N=Nc2cc(C)c(N=Nc3ccc4cc(S(=O)(=O)O)cc(S(=O)(=O)O)c4c3)cc2C)c(C)cc1NC(=O)Nc1cc(C)c(N=Nc2cc(C)c(N=Nc3ccc4cc(S(=O)(=O)O)cc(S(=O)(=O)O)c4c3)cc2C)cc1OC. The molecule has 0 saturated heterocycles. The first-order chi connectivity index (χ1) is 38.4. The van der Waals surface area contributed by atoms with E-state index in [4.69, 9.17) is 9.47 Å². The Morgan fingerprint density at radius 2 is 0.671 bits per heavy atom. The van der Waals surface area contributed by atoms with E-state index >= 15 is 0 Å². The normalized spacial score (nSPS) is 12.6. The van der Waals surface area contributed by atoms with Gasteiger partial charge in [-0.05, 0) is 171 Å². The number of anilines is 2. The molecule has 0 heterocycles. The average Bonchev–Trinajstić information content (AvgIpc) is 3.60. The van der Waals surface area contributed by atoms with Crippen LogP contribution in [0.4, 0.5) is 61.7 Å². The first kappa shape index (κ1) is 59.3. The minimum absolute atomic E-state index is 0.0481. The molecular weight excluding hydrogens is 1140 g/mol. The van der Waals surface area contributed by atoms with Gasteiger partial charge < -0.3 is 20.1 Å². The summed E-state index contributed by atoms with van der Waals surface area (Å²) in [6.07, 6.45) is 0. The molecule has 82 heavy (non-hydrogen) atoms. The molecule has 0 aliphatic rings. The quantitative estimate of drug-likeness (QED) is 0.0387. The highest BCUT2D eigenvalue weighted by atomic mass is 32.2. The van der Waals surface area contributed by atoms with Gasteiger partial charge in [0.2, 0.25) is 0 Å². The van der Waals surface area contributed by atoms with E-state index in [-0.39, 0.29) is 44.4 Å². The van der Waals surface area contributed by atoms with Gasteiger partial charge in [-0.25, -0.2) is 4.79 Å². The smallest absolute Gasteiger partial charge is 0.323 e. The van der Waals surface area contributed by atoms with Crippen LogP contribution in [-0.2, 0) is 40.5 Å². The average molecular weight is 1190 g/mol. The fourth-order valence-corrected chi connectivity index (χ4v) is 10.9. The molecule has 0 aromatic heterocycles. The van der Waals surface area contributed by atoms with E-state index in [0.29, 0.717) is 91.0 Å². The molecule has 8 rings (SSSR count). The van der Waals surface area contributed by atoms with Crippen molar-refractivity contribution in [3.8, 4) is 11.5 Å². The van der Waals surface area contributed by atoms with E-state index < -0.39 is 66.1 Å². The fraction of sp³-hybridized carbons (Fsp3) is 0.151. The van der Waals surface area contributed by atoms with Gasteiger partial charge in [-0.1, -0.05) is 12.1 Å². The van der Waals surface area contributed by atoms with Gasteiger partial charge in [0.05, 0.1) is 80.9 Å². The molecule has 0 fully saturated rings. The maximum Gasteiger partial charge on any atom is 0.323 e. The highest BCUT2D eigenvalue weighted by Crippen LogP contribution is 2.40. The number of amides is 2. The van der Waals surface area contributed by atoms with Crippen molar-refractivity contribution in [2.45, 2.75) is 61.1 Å². The standard InChI is InChI=1S/C53H48N10O15S4/c1-27-15-43(29(3)13-41(27)58-56-35-11-9-33-19-37(79(65,66)67)23-51(39(33)21-35)81(71,72)73)60-62-45-25-49(77-7)47(17-31(45)5)54-53(64)55-48-18-32(6)46(26-50(48)78-8)63-61-44-16-28(2)42(14-30(44)4)59-57-36-12-10-34-20-38(80(68,69)70)24-52(40(34)22-36)82(74,75)76/h9-26H,1-8H3,(H2,54,55,64)(H,65,66,67)(H,68,69,70)(H,71,72,73)(H,74,75,76). The first-order valence-electron chi connectivity index (χ1n) is 23.8. The summed E-state index contributed by atoms with van der Waals surface area (Å²) in [6, 6.07) is 24.5. The second kappa shape index (κ2) is 23.0. The second-order valence-electron chi connectivity index (χ2n) is 18.5. The van der Waals surface area contributed by atoms with Gasteiger partial charge >= 0.3 is 6.03 Å². The number of rotatable bonds is 16. The molecule has 0 unspecified atom stereocenters. The number of methoxy groups -OCH3 is 2. The summed E-state index contributed by atoms with van der Waals surface area (Å²) in [5.74, 6) is 0.552. The molecule has 2 amide bonds. The minimum Gasteiger partial charge on any atom is -0.494 e. The van der Waals surface area contributed by atoms with Crippen molar-refractivity contribution in [3.05, 3.63) is 143 Å². The van der Waals surface area contributed by atoms with Crippen LogP contribution in [0.1, 0.15) is 33.4 Å². The summed E-state index contributed by atoms with van der Waals surface area (Å²) in [5.41, 5.74) is 7.69. The van der Waals surface area contributed by atoms with E-state index in [0.717, 1.165) is 12.1 Å². The zero-order valence-corrected chi connectivity index (χ0v) is 47.6. The maximum absolute atomic E-state index is 13.5. The number of fused-ring (bicyclic) bond motifs is 2. The van der Waals surface area contributed by atoms with Gasteiger partial charge in [0, 0.05) is 22.9 Å². The highest BCUT2D eigenvalue weighted by molar-refractivity contribution is 7.87. The molecule has 0 saturated carbocycles. The van der Waals surface area contributed by atoms with Gasteiger partial charge in [0.1, 0.15) is 21.3 Å². The van der Waals surface area contributed by atoms with Gasteiger partial charge in [0.15, 0.2) is 0 Å². The van der Waals surface area contributed by atoms with E-state index in [1.165, 1.54) is 50.6 Å². The summed E-state index contributed by atoms with van der Waals surface area (Å²) in [7, 11) is -16.5. The van der Waals surface area contributed by atoms with Crippen LogP contribution in [0.25, 0.3) is 21.5 Å². The van der Waals surface area contributed by atoms with Crippen LogP contribution in [0.3, 0.4) is 0 Å². The van der Waals surface area contributed by atoms with Gasteiger partial charge in [-0.2, -0.15) is 74.6 Å². The maximum atomic E-state index is 13.5. The lowest BCUT2D eigenvalue weighted by molar-refractivity contribution is 0.262. The van der Waals surface area contributed by atoms with Gasteiger partial charge in [-0.15, -0.1) is 0 Å². The van der Waals surface area contributed by atoms with Crippen LogP contribution in [0, 0.1) is 41.5 Å². The molecule has 0 radical (unpaired) electrons. The van der Waals surface area contributed by atoms with Crippen molar-refractivity contribution in [3.63, 3.8) is 0 Å². The lowest BCUT2D eigenvalue weighted by Crippen LogP contribution is -2.20. The molecule has 0 spiro atoms. The molecule has 6 N–H and O–H groups in total. The zero-order chi connectivity index (χ0) is 59.8. The van der Waals surface area contributed by atoms with Crippen molar-refractivity contribution in [1.29, 1.82) is 0 Å². The number of aryl methyl sites for hydroxylation is 6. The number of ether oxygens (including phenoxy) is 2. The number of hydrogen-bond acceptors (Lipinski definition) is 19. The third-order valence-corrected chi connectivity index (χ3v) is 16.0. The van der Waals surface area contributed by atoms with Crippen LogP contribution in [0.5, 0.6) is 11.5 Å². The number of hydrogen-bond donors (Lipinski definition) is 6. The number of carbonyl (C=O) groups excluding carboxylic acids is 1. The van der Waals surface area contributed by atoms with Crippen LogP contribution in [0.15, 0.2) is 170 Å². The van der Waals surface area contributed by atoms with E-state index in [1.54, 1.807) is 90.1 Å². The molecule has 424 valence electrons. The summed E-state index contributed by atoms with van der Waals surface area (Å²) in [4.78, 5) is 10.6. The van der Waals surface area contributed by atoms with Crippen LogP contribution in [-0.4, -0.2) is 72.1 Å². The van der Waals surface area contributed by atoms with Crippen molar-refractivity contribution >= 4 is 125 Å². The second-order valence-corrected chi connectivity index (χ2v) is 24.1. The molecule has 0 aliphatic carbocycles. The van der Waals surface area contributed by atoms with E-state index in [1.807, 2.05) is 0 Å². The number of carbonyl (C=O) groups is 1. The Morgan fingerprint density at radius 3 is 0.963 bits per heavy atom. The topological polar surface area (TPSA) is 376 Å². The Bertz CT molecular complexity index is 4300. The Balaban J connectivity index is 0.932. The largest absolute Gasteiger partial charge is 0.494 e. The van der Waals surface area contributed by atoms with Crippen LogP contribution < -0.4 is 20.1 Å². The lowest BCUT2D eigenvalue weighted by Gasteiger charge is -2.15.